The van der Waals surface area contributed by atoms with Gasteiger partial charge in [0.05, 0.1) is 31.2 Å². The van der Waals surface area contributed by atoms with Gasteiger partial charge in [0, 0.05) is 0 Å². The molecule has 2 aliphatic heterocycles. The number of fused-ring (bicyclic) bond motifs is 7. The summed E-state index contributed by atoms with van der Waals surface area (Å²) in [7, 11) is 2.73. The van der Waals surface area contributed by atoms with Gasteiger partial charge in [-0.2, -0.15) is 0 Å². The van der Waals surface area contributed by atoms with E-state index in [0.29, 0.717) is 0 Å². The summed E-state index contributed by atoms with van der Waals surface area (Å²) in [6.45, 7) is 0. The van der Waals surface area contributed by atoms with E-state index in [0.717, 1.165) is 28.0 Å². The van der Waals surface area contributed by atoms with Gasteiger partial charge in [0.1, 0.15) is 21.4 Å². The molecule has 0 radical (unpaired) electrons. The standard InChI is InChI=1S/C27H22N2O4S/c1-32-23(30)21-22(24(31)33-2)27(18-13-7-4-8-14-18)29-20-16-10-9-15-19(20)28-25(29)26(21,34-27)17-11-5-3-6-12-17/h3-16,21-22H,1-2H3/t21-,22-,26+,27+/m0/s1. The van der Waals surface area contributed by atoms with Gasteiger partial charge in [0.15, 0.2) is 0 Å². The number of rotatable bonds is 4. The molecule has 6 rings (SSSR count). The van der Waals surface area contributed by atoms with Gasteiger partial charge >= 0.3 is 11.9 Å². The van der Waals surface area contributed by atoms with Gasteiger partial charge < -0.3 is 14.0 Å². The van der Waals surface area contributed by atoms with Gasteiger partial charge in [-0.05, 0) is 23.3 Å². The van der Waals surface area contributed by atoms with E-state index in [4.69, 9.17) is 14.5 Å². The molecular weight excluding hydrogens is 448 g/mol. The first-order valence-corrected chi connectivity index (χ1v) is 11.9. The molecule has 0 saturated carbocycles. The molecule has 1 saturated heterocycles. The van der Waals surface area contributed by atoms with Gasteiger partial charge in [0.2, 0.25) is 0 Å². The zero-order chi connectivity index (χ0) is 23.5. The van der Waals surface area contributed by atoms with Crippen LogP contribution in [0.3, 0.4) is 0 Å². The zero-order valence-corrected chi connectivity index (χ0v) is 19.5. The fourth-order valence-corrected chi connectivity index (χ4v) is 7.99. The van der Waals surface area contributed by atoms with Crippen molar-refractivity contribution in [3.63, 3.8) is 0 Å². The number of ether oxygens (including phenoxy) is 2. The molecule has 0 spiro atoms. The molecule has 7 heteroatoms. The monoisotopic (exact) mass is 470 g/mol. The number of imidazole rings is 1. The minimum Gasteiger partial charge on any atom is -0.469 e. The summed E-state index contributed by atoms with van der Waals surface area (Å²) in [5, 5.41) is 0. The number of esters is 2. The Morgan fingerprint density at radius 3 is 2.00 bits per heavy atom. The van der Waals surface area contributed by atoms with Crippen molar-refractivity contribution in [2.24, 2.45) is 11.8 Å². The van der Waals surface area contributed by atoms with Crippen LogP contribution in [0, 0.1) is 11.8 Å². The number of hydrogen-bond acceptors (Lipinski definition) is 6. The summed E-state index contributed by atoms with van der Waals surface area (Å²) < 4.78 is 11.9. The lowest BCUT2D eigenvalue weighted by molar-refractivity contribution is -0.161. The third kappa shape index (κ3) is 2.45. The van der Waals surface area contributed by atoms with Crippen LogP contribution in [0.1, 0.15) is 17.0 Å². The first-order chi connectivity index (χ1) is 16.6. The number of carbonyl (C=O) groups is 2. The SMILES string of the molecule is COC(=O)[C@@H]1[C@@H](C(=O)OC)[C@@]2(c3ccccc3)S[C@@]1(c1ccccc1)c1nc3ccccc3n12. The molecule has 0 unspecified atom stereocenters. The van der Waals surface area contributed by atoms with Gasteiger partial charge in [-0.1, -0.05) is 72.8 Å². The Bertz CT molecular complexity index is 1420. The third-order valence-corrected chi connectivity index (χ3v) is 9.01. The normalized spacial score (nSPS) is 26.9. The number of hydrogen-bond donors (Lipinski definition) is 0. The minimum absolute atomic E-state index is 0.451. The molecule has 4 atom stereocenters. The number of aromatic nitrogens is 2. The van der Waals surface area contributed by atoms with Crippen LogP contribution in [-0.2, 0) is 28.7 Å². The summed E-state index contributed by atoms with van der Waals surface area (Å²) in [6.07, 6.45) is 0. The molecule has 2 bridgehead atoms. The van der Waals surface area contributed by atoms with Gasteiger partial charge in [-0.3, -0.25) is 9.59 Å². The van der Waals surface area contributed by atoms with Gasteiger partial charge in [-0.15, -0.1) is 11.8 Å². The maximum Gasteiger partial charge on any atom is 0.313 e. The van der Waals surface area contributed by atoms with Crippen LogP contribution < -0.4 is 0 Å². The molecule has 1 aromatic heterocycles. The van der Waals surface area contributed by atoms with E-state index >= 15 is 0 Å². The highest BCUT2D eigenvalue weighted by molar-refractivity contribution is 8.02. The second kappa shape index (κ2) is 7.46. The smallest absolute Gasteiger partial charge is 0.313 e. The highest BCUT2D eigenvalue weighted by atomic mass is 32.2. The van der Waals surface area contributed by atoms with Gasteiger partial charge in [0.25, 0.3) is 0 Å². The summed E-state index contributed by atoms with van der Waals surface area (Å²) in [4.78, 5) is 31.2. The Balaban J connectivity index is 1.81. The average Bonchev–Trinajstić information content (AvgIpc) is 3.54. The lowest BCUT2D eigenvalue weighted by Gasteiger charge is -2.39. The maximum atomic E-state index is 13.6. The number of methoxy groups -OCH3 is 2. The van der Waals surface area contributed by atoms with Crippen molar-refractivity contribution in [2.75, 3.05) is 14.2 Å². The fourth-order valence-electron chi connectivity index (χ4n) is 5.76. The van der Waals surface area contributed by atoms with Crippen LogP contribution in [0.4, 0.5) is 0 Å². The quantitative estimate of drug-likeness (QED) is 0.414. The van der Waals surface area contributed by atoms with Crippen molar-refractivity contribution in [3.05, 3.63) is 102 Å². The maximum absolute atomic E-state index is 13.6. The summed E-state index contributed by atoms with van der Waals surface area (Å²) in [5.74, 6) is -1.83. The van der Waals surface area contributed by atoms with Crippen LogP contribution in [0.2, 0.25) is 0 Å². The van der Waals surface area contributed by atoms with Crippen molar-refractivity contribution < 1.29 is 19.1 Å². The number of carbonyl (C=O) groups excluding carboxylic acids is 2. The second-order valence-corrected chi connectivity index (χ2v) is 10.00. The molecule has 170 valence electrons. The highest BCUT2D eigenvalue weighted by Gasteiger charge is 2.76. The molecule has 4 aromatic rings. The average molecular weight is 471 g/mol. The van der Waals surface area contributed by atoms with Crippen LogP contribution in [0.15, 0.2) is 84.9 Å². The molecule has 3 heterocycles. The molecule has 0 aliphatic carbocycles. The molecule has 0 N–H and O–H groups in total. The second-order valence-electron chi connectivity index (χ2n) is 8.53. The van der Waals surface area contributed by atoms with E-state index < -0.39 is 33.4 Å². The predicted octanol–water partition coefficient (Wildman–Crippen LogP) is 4.32. The zero-order valence-electron chi connectivity index (χ0n) is 18.7. The number of benzene rings is 3. The summed E-state index contributed by atoms with van der Waals surface area (Å²) >= 11 is 1.59. The Morgan fingerprint density at radius 2 is 1.35 bits per heavy atom. The van der Waals surface area contributed by atoms with E-state index in [-0.39, 0.29) is 0 Å². The first kappa shape index (κ1) is 21.0. The van der Waals surface area contributed by atoms with Crippen molar-refractivity contribution in [2.45, 2.75) is 9.62 Å². The number of thioether (sulfide) groups is 1. The Hall–Kier alpha value is -3.58. The molecular formula is C27H22N2O4S. The van der Waals surface area contributed by atoms with E-state index in [2.05, 4.69) is 4.57 Å². The highest BCUT2D eigenvalue weighted by Crippen LogP contribution is 2.74. The Labute approximate surface area is 200 Å². The molecule has 34 heavy (non-hydrogen) atoms. The van der Waals surface area contributed by atoms with Crippen LogP contribution in [0.5, 0.6) is 0 Å². The van der Waals surface area contributed by atoms with E-state index in [1.165, 1.54) is 14.2 Å². The Morgan fingerprint density at radius 1 is 0.794 bits per heavy atom. The number of nitrogens with zero attached hydrogens (tertiary/aromatic N) is 2. The van der Waals surface area contributed by atoms with E-state index in [1.807, 2.05) is 84.9 Å². The lowest BCUT2D eigenvalue weighted by Crippen LogP contribution is -2.51. The van der Waals surface area contributed by atoms with Crippen molar-refractivity contribution in [3.8, 4) is 0 Å². The van der Waals surface area contributed by atoms with Crippen LogP contribution in [0.25, 0.3) is 11.0 Å². The third-order valence-electron chi connectivity index (χ3n) is 7.03. The largest absolute Gasteiger partial charge is 0.469 e. The van der Waals surface area contributed by atoms with Crippen LogP contribution >= 0.6 is 11.8 Å². The number of para-hydroxylation sites is 2. The topological polar surface area (TPSA) is 70.4 Å². The van der Waals surface area contributed by atoms with Crippen molar-refractivity contribution in [1.82, 2.24) is 9.55 Å². The fraction of sp³-hybridized carbons (Fsp3) is 0.222. The summed E-state index contributed by atoms with van der Waals surface area (Å²) in [6, 6.07) is 27.5. The van der Waals surface area contributed by atoms with E-state index in [9.17, 15) is 9.59 Å². The molecule has 0 amide bonds. The van der Waals surface area contributed by atoms with Crippen LogP contribution in [-0.4, -0.2) is 35.7 Å². The van der Waals surface area contributed by atoms with Crippen molar-refractivity contribution in [1.29, 1.82) is 0 Å². The summed E-state index contributed by atoms with van der Waals surface area (Å²) in [5.41, 5.74) is 3.52. The predicted molar refractivity (Wildman–Crippen MR) is 129 cm³/mol. The minimum atomic E-state index is -0.950. The molecule has 3 aromatic carbocycles. The first-order valence-electron chi connectivity index (χ1n) is 11.0. The lowest BCUT2D eigenvalue weighted by atomic mass is 9.70. The van der Waals surface area contributed by atoms with E-state index in [1.54, 1.807) is 11.8 Å². The molecule has 6 nitrogen and oxygen atoms in total. The Kier molecular flexibility index (Phi) is 4.61. The van der Waals surface area contributed by atoms with Gasteiger partial charge in [-0.25, -0.2) is 4.98 Å². The molecule has 1 fully saturated rings. The van der Waals surface area contributed by atoms with Crippen molar-refractivity contribution >= 4 is 34.7 Å². The molecule has 2 aliphatic rings.